The Morgan fingerprint density at radius 1 is 0.962 bits per heavy atom. The molecule has 0 atom stereocenters. The Bertz CT molecular complexity index is 686. The van der Waals surface area contributed by atoms with Crippen LogP contribution in [-0.2, 0) is 29.0 Å². The highest BCUT2D eigenvalue weighted by molar-refractivity contribution is 6.27. The Morgan fingerprint density at radius 2 is 1.54 bits per heavy atom. The van der Waals surface area contributed by atoms with Gasteiger partial charge in [0.1, 0.15) is 5.75 Å². The van der Waals surface area contributed by atoms with Crippen molar-refractivity contribution < 1.29 is 24.5 Å². The van der Waals surface area contributed by atoms with E-state index < -0.39 is 11.9 Å². The lowest BCUT2D eigenvalue weighted by Crippen LogP contribution is -2.16. The molecule has 0 bridgehead atoms. The van der Waals surface area contributed by atoms with Gasteiger partial charge < -0.3 is 20.3 Å². The molecule has 0 unspecified atom stereocenters. The summed E-state index contributed by atoms with van der Waals surface area (Å²) in [6.45, 7) is 4.05. The number of benzene rings is 2. The summed E-state index contributed by atoms with van der Waals surface area (Å²) >= 11 is 0. The first kappa shape index (κ1) is 21.2. The SMILES string of the molecule is CCc1ccc(CNCCc2ccccc2OC)cc1.O=C(O)C(=O)O. The van der Waals surface area contributed by atoms with Gasteiger partial charge in [-0.1, -0.05) is 49.4 Å². The maximum atomic E-state index is 9.10. The van der Waals surface area contributed by atoms with Crippen molar-refractivity contribution in [2.75, 3.05) is 13.7 Å². The van der Waals surface area contributed by atoms with Gasteiger partial charge in [-0.15, -0.1) is 0 Å². The van der Waals surface area contributed by atoms with Crippen LogP contribution >= 0.6 is 0 Å². The van der Waals surface area contributed by atoms with E-state index in [0.29, 0.717) is 0 Å². The third-order valence-corrected chi connectivity index (χ3v) is 3.71. The monoisotopic (exact) mass is 359 g/mol. The van der Waals surface area contributed by atoms with Crippen LogP contribution in [-0.4, -0.2) is 35.8 Å². The summed E-state index contributed by atoms with van der Waals surface area (Å²) < 4.78 is 5.36. The van der Waals surface area contributed by atoms with Crippen molar-refractivity contribution in [3.63, 3.8) is 0 Å². The van der Waals surface area contributed by atoms with Crippen molar-refractivity contribution >= 4 is 11.9 Å². The summed E-state index contributed by atoms with van der Waals surface area (Å²) in [7, 11) is 1.72. The van der Waals surface area contributed by atoms with E-state index in [2.05, 4.69) is 48.6 Å². The first-order chi connectivity index (χ1) is 12.5. The minimum Gasteiger partial charge on any atom is -0.496 e. The predicted octanol–water partition coefficient (Wildman–Crippen LogP) is 2.75. The molecule has 0 aliphatic heterocycles. The largest absolute Gasteiger partial charge is 0.496 e. The zero-order valence-corrected chi connectivity index (χ0v) is 15.1. The number of methoxy groups -OCH3 is 1. The summed E-state index contributed by atoms with van der Waals surface area (Å²) in [5.41, 5.74) is 3.98. The lowest BCUT2D eigenvalue weighted by molar-refractivity contribution is -0.159. The van der Waals surface area contributed by atoms with Crippen LogP contribution in [0, 0.1) is 0 Å². The Balaban J connectivity index is 0.000000487. The van der Waals surface area contributed by atoms with Gasteiger partial charge in [-0.2, -0.15) is 0 Å². The van der Waals surface area contributed by atoms with Crippen molar-refractivity contribution in [2.45, 2.75) is 26.3 Å². The van der Waals surface area contributed by atoms with Gasteiger partial charge in [-0.05, 0) is 42.1 Å². The summed E-state index contributed by atoms with van der Waals surface area (Å²) in [5, 5.41) is 18.3. The van der Waals surface area contributed by atoms with E-state index in [1.165, 1.54) is 16.7 Å². The molecule has 2 aromatic rings. The third-order valence-electron chi connectivity index (χ3n) is 3.71. The zero-order valence-electron chi connectivity index (χ0n) is 15.1. The number of hydrogen-bond donors (Lipinski definition) is 3. The fourth-order valence-corrected chi connectivity index (χ4v) is 2.26. The maximum Gasteiger partial charge on any atom is 0.414 e. The summed E-state index contributed by atoms with van der Waals surface area (Å²) in [4.78, 5) is 18.2. The van der Waals surface area contributed by atoms with Gasteiger partial charge in [-0.25, -0.2) is 9.59 Å². The topological polar surface area (TPSA) is 95.9 Å². The molecule has 0 radical (unpaired) electrons. The van der Waals surface area contributed by atoms with E-state index in [9.17, 15) is 0 Å². The lowest BCUT2D eigenvalue weighted by Gasteiger charge is -2.09. The standard InChI is InChI=1S/C18H23NO.C2H2O4/c1-3-15-8-10-16(11-9-15)14-19-13-12-17-6-4-5-7-18(17)20-2;3-1(4)2(5)6/h4-11,19H,3,12-14H2,1-2H3;(H,3,4)(H,5,6). The van der Waals surface area contributed by atoms with Gasteiger partial charge in [0.05, 0.1) is 7.11 Å². The fourth-order valence-electron chi connectivity index (χ4n) is 2.26. The highest BCUT2D eigenvalue weighted by Crippen LogP contribution is 2.17. The van der Waals surface area contributed by atoms with Crippen LogP contribution < -0.4 is 10.1 Å². The van der Waals surface area contributed by atoms with Crippen LogP contribution in [0.15, 0.2) is 48.5 Å². The second-order valence-corrected chi connectivity index (χ2v) is 5.52. The first-order valence-corrected chi connectivity index (χ1v) is 8.34. The number of aryl methyl sites for hydroxylation is 1. The van der Waals surface area contributed by atoms with Crippen LogP contribution in [0.1, 0.15) is 23.6 Å². The summed E-state index contributed by atoms with van der Waals surface area (Å²) in [6, 6.07) is 17.0. The molecule has 2 rings (SSSR count). The molecule has 2 aromatic carbocycles. The van der Waals surface area contributed by atoms with Crippen molar-refractivity contribution in [1.29, 1.82) is 0 Å². The number of rotatable bonds is 7. The molecular formula is C20H25NO5. The van der Waals surface area contributed by atoms with Crippen LogP contribution in [0.25, 0.3) is 0 Å². The van der Waals surface area contributed by atoms with E-state index in [1.54, 1.807) is 7.11 Å². The molecule has 0 heterocycles. The predicted molar refractivity (Wildman–Crippen MR) is 99.5 cm³/mol. The van der Waals surface area contributed by atoms with Gasteiger partial charge in [0.15, 0.2) is 0 Å². The molecule has 6 heteroatoms. The highest BCUT2D eigenvalue weighted by atomic mass is 16.5. The van der Waals surface area contributed by atoms with Gasteiger partial charge >= 0.3 is 11.9 Å². The highest BCUT2D eigenvalue weighted by Gasteiger charge is 2.04. The molecule has 140 valence electrons. The van der Waals surface area contributed by atoms with Crippen molar-refractivity contribution in [3.05, 3.63) is 65.2 Å². The third kappa shape index (κ3) is 7.81. The average Bonchev–Trinajstić information content (AvgIpc) is 2.66. The van der Waals surface area contributed by atoms with Gasteiger partial charge in [0.2, 0.25) is 0 Å². The van der Waals surface area contributed by atoms with Crippen LogP contribution in [0.2, 0.25) is 0 Å². The maximum absolute atomic E-state index is 9.10. The van der Waals surface area contributed by atoms with E-state index in [-0.39, 0.29) is 0 Å². The average molecular weight is 359 g/mol. The van der Waals surface area contributed by atoms with Gasteiger partial charge in [-0.3, -0.25) is 0 Å². The quantitative estimate of drug-likeness (QED) is 0.520. The Kier molecular flexibility index (Phi) is 9.49. The number of carbonyl (C=O) groups is 2. The smallest absolute Gasteiger partial charge is 0.414 e. The molecule has 0 saturated carbocycles. The van der Waals surface area contributed by atoms with E-state index in [4.69, 9.17) is 24.5 Å². The Labute approximate surface area is 153 Å². The number of para-hydroxylation sites is 1. The van der Waals surface area contributed by atoms with Gasteiger partial charge in [0, 0.05) is 6.54 Å². The molecule has 0 saturated heterocycles. The number of carboxylic acids is 2. The van der Waals surface area contributed by atoms with Crippen LogP contribution in [0.5, 0.6) is 5.75 Å². The van der Waals surface area contributed by atoms with E-state index >= 15 is 0 Å². The van der Waals surface area contributed by atoms with Crippen LogP contribution in [0.3, 0.4) is 0 Å². The molecule has 0 spiro atoms. The second kappa shape index (κ2) is 11.7. The number of aliphatic carboxylic acids is 2. The molecule has 0 amide bonds. The number of hydrogen-bond acceptors (Lipinski definition) is 4. The van der Waals surface area contributed by atoms with Crippen molar-refractivity contribution in [3.8, 4) is 5.75 Å². The molecule has 3 N–H and O–H groups in total. The number of carboxylic acid groups (broad SMARTS) is 2. The molecule has 0 aromatic heterocycles. The van der Waals surface area contributed by atoms with Gasteiger partial charge in [0.25, 0.3) is 0 Å². The molecule has 6 nitrogen and oxygen atoms in total. The van der Waals surface area contributed by atoms with E-state index in [0.717, 1.165) is 31.7 Å². The van der Waals surface area contributed by atoms with Crippen LogP contribution in [0.4, 0.5) is 0 Å². The fraction of sp³-hybridized carbons (Fsp3) is 0.300. The molecule has 0 fully saturated rings. The molecule has 0 aliphatic rings. The Morgan fingerprint density at radius 3 is 2.08 bits per heavy atom. The Hall–Kier alpha value is -2.86. The molecular weight excluding hydrogens is 334 g/mol. The zero-order chi connectivity index (χ0) is 19.4. The minimum atomic E-state index is -1.82. The minimum absolute atomic E-state index is 0.916. The van der Waals surface area contributed by atoms with E-state index in [1.807, 2.05) is 12.1 Å². The molecule has 26 heavy (non-hydrogen) atoms. The molecule has 0 aliphatic carbocycles. The normalized spacial score (nSPS) is 9.77. The summed E-state index contributed by atoms with van der Waals surface area (Å²) in [5.74, 6) is -2.67. The second-order valence-electron chi connectivity index (χ2n) is 5.52. The van der Waals surface area contributed by atoms with Crippen molar-refractivity contribution in [2.24, 2.45) is 0 Å². The lowest BCUT2D eigenvalue weighted by atomic mass is 10.1. The number of nitrogens with one attached hydrogen (secondary N) is 1. The number of ether oxygens (including phenoxy) is 1. The van der Waals surface area contributed by atoms with Crippen molar-refractivity contribution in [1.82, 2.24) is 5.32 Å². The first-order valence-electron chi connectivity index (χ1n) is 8.34. The summed E-state index contributed by atoms with van der Waals surface area (Å²) in [6.07, 6.45) is 2.08.